The fraction of sp³-hybridized carbons (Fsp3) is 0.273. The molecule has 0 saturated carbocycles. The van der Waals surface area contributed by atoms with Gasteiger partial charge in [0, 0.05) is 23.5 Å². The second-order valence-electron chi connectivity index (χ2n) is 7.21. The number of H-pyrrole nitrogens is 1. The average molecular weight is 396 g/mol. The summed E-state index contributed by atoms with van der Waals surface area (Å²) in [6.45, 7) is 0.757. The van der Waals surface area contributed by atoms with Gasteiger partial charge in [-0.05, 0) is 48.6 Å². The van der Waals surface area contributed by atoms with Crippen molar-refractivity contribution >= 4 is 23.0 Å². The molecule has 1 aliphatic heterocycles. The van der Waals surface area contributed by atoms with E-state index in [1.807, 2.05) is 30.3 Å². The second kappa shape index (κ2) is 7.95. The summed E-state index contributed by atoms with van der Waals surface area (Å²) in [4.78, 5) is 28.8. The van der Waals surface area contributed by atoms with E-state index in [-0.39, 0.29) is 18.3 Å². The van der Waals surface area contributed by atoms with Crippen LogP contribution in [0.3, 0.4) is 0 Å². The number of aromatic nitrogens is 1. The Hall–Kier alpha value is -3.35. The first kappa shape index (κ1) is 19.0. The van der Waals surface area contributed by atoms with Crippen LogP contribution in [-0.2, 0) is 17.8 Å². The lowest BCUT2D eigenvalue weighted by molar-refractivity contribution is 0.0690. The number of carbonyl (C=O) groups is 2. The SMILES string of the molecule is O=C(O)c1[nH]c2cc(F)ccc2c1CC1CCCN1C(=O)OCc1ccccc1. The fourth-order valence-electron chi connectivity index (χ4n) is 3.95. The monoisotopic (exact) mass is 396 g/mol. The second-order valence-corrected chi connectivity index (χ2v) is 7.21. The number of fused-ring (bicyclic) bond motifs is 1. The van der Waals surface area contributed by atoms with Crippen molar-refractivity contribution < 1.29 is 23.8 Å². The van der Waals surface area contributed by atoms with Crippen LogP contribution < -0.4 is 0 Å². The van der Waals surface area contributed by atoms with Gasteiger partial charge in [0.15, 0.2) is 0 Å². The molecule has 3 aromatic rings. The van der Waals surface area contributed by atoms with Crippen LogP contribution in [0.25, 0.3) is 10.9 Å². The molecular weight excluding hydrogens is 375 g/mol. The number of amides is 1. The summed E-state index contributed by atoms with van der Waals surface area (Å²) in [5, 5.41) is 10.2. The van der Waals surface area contributed by atoms with Gasteiger partial charge in [-0.1, -0.05) is 30.3 Å². The topological polar surface area (TPSA) is 82.6 Å². The molecule has 1 fully saturated rings. The van der Waals surface area contributed by atoms with E-state index < -0.39 is 17.9 Å². The van der Waals surface area contributed by atoms with Crippen molar-refractivity contribution in [3.63, 3.8) is 0 Å². The van der Waals surface area contributed by atoms with Crippen LogP contribution in [0, 0.1) is 5.82 Å². The molecule has 0 aliphatic carbocycles. The zero-order chi connectivity index (χ0) is 20.4. The highest BCUT2D eigenvalue weighted by Gasteiger charge is 2.32. The molecule has 4 rings (SSSR count). The summed E-state index contributed by atoms with van der Waals surface area (Å²) in [5.41, 5.74) is 1.97. The molecule has 1 atom stereocenters. The minimum Gasteiger partial charge on any atom is -0.477 e. The molecule has 1 unspecified atom stereocenters. The smallest absolute Gasteiger partial charge is 0.410 e. The molecular formula is C22H21FN2O4. The van der Waals surface area contributed by atoms with Gasteiger partial charge in [0.2, 0.25) is 0 Å². The van der Waals surface area contributed by atoms with E-state index in [0.717, 1.165) is 18.4 Å². The van der Waals surface area contributed by atoms with Crippen LogP contribution in [0.4, 0.5) is 9.18 Å². The third-order valence-electron chi connectivity index (χ3n) is 5.34. The molecule has 29 heavy (non-hydrogen) atoms. The highest BCUT2D eigenvalue weighted by Crippen LogP contribution is 2.29. The Balaban J connectivity index is 1.53. The Morgan fingerprint density at radius 3 is 2.76 bits per heavy atom. The third kappa shape index (κ3) is 3.94. The summed E-state index contributed by atoms with van der Waals surface area (Å²) >= 11 is 0. The summed E-state index contributed by atoms with van der Waals surface area (Å²) in [6, 6.07) is 13.4. The molecule has 2 N–H and O–H groups in total. The summed E-state index contributed by atoms with van der Waals surface area (Å²) < 4.78 is 19.0. The minimum absolute atomic E-state index is 0.0371. The Kier molecular flexibility index (Phi) is 5.20. The molecule has 1 amide bonds. The van der Waals surface area contributed by atoms with Crippen molar-refractivity contribution in [3.05, 3.63) is 71.2 Å². The molecule has 2 heterocycles. The number of hydrogen-bond acceptors (Lipinski definition) is 3. The van der Waals surface area contributed by atoms with Crippen LogP contribution in [-0.4, -0.2) is 39.6 Å². The zero-order valence-electron chi connectivity index (χ0n) is 15.7. The molecule has 150 valence electrons. The molecule has 1 aromatic heterocycles. The average Bonchev–Trinajstić information content (AvgIpc) is 3.32. The summed E-state index contributed by atoms with van der Waals surface area (Å²) in [6.07, 6.45) is 1.55. The Morgan fingerprint density at radius 1 is 1.21 bits per heavy atom. The number of nitrogens with one attached hydrogen (secondary N) is 1. The van der Waals surface area contributed by atoms with Gasteiger partial charge in [-0.2, -0.15) is 0 Å². The minimum atomic E-state index is -1.10. The number of aromatic carboxylic acids is 1. The number of benzene rings is 2. The van der Waals surface area contributed by atoms with Crippen LogP contribution >= 0.6 is 0 Å². The molecule has 1 saturated heterocycles. The first-order chi connectivity index (χ1) is 14.0. The molecule has 6 nitrogen and oxygen atoms in total. The lowest BCUT2D eigenvalue weighted by Crippen LogP contribution is -2.37. The first-order valence-electron chi connectivity index (χ1n) is 9.53. The number of halogens is 1. The largest absolute Gasteiger partial charge is 0.477 e. The van der Waals surface area contributed by atoms with Crippen LogP contribution in [0.15, 0.2) is 48.5 Å². The van der Waals surface area contributed by atoms with Crippen molar-refractivity contribution in [2.45, 2.75) is 31.9 Å². The van der Waals surface area contributed by atoms with E-state index in [0.29, 0.717) is 29.4 Å². The number of carboxylic acid groups (broad SMARTS) is 1. The maximum atomic E-state index is 13.5. The Labute approximate surface area is 166 Å². The van der Waals surface area contributed by atoms with Gasteiger partial charge in [-0.25, -0.2) is 14.0 Å². The summed E-state index contributed by atoms with van der Waals surface area (Å²) in [7, 11) is 0. The quantitative estimate of drug-likeness (QED) is 0.672. The standard InChI is InChI=1S/C22H21FN2O4/c23-15-8-9-17-18(20(21(26)27)24-19(17)11-15)12-16-7-4-10-25(16)22(28)29-13-14-5-2-1-3-6-14/h1-3,5-6,8-9,11,16,24H,4,7,10,12-13H2,(H,26,27). The number of carbonyl (C=O) groups excluding carboxylic acids is 1. The van der Waals surface area contributed by atoms with Gasteiger partial charge in [0.05, 0.1) is 0 Å². The Bertz CT molecular complexity index is 1050. The summed E-state index contributed by atoms with van der Waals surface area (Å²) in [5.74, 6) is -1.54. The van der Waals surface area contributed by atoms with Gasteiger partial charge < -0.3 is 19.7 Å². The van der Waals surface area contributed by atoms with Crippen molar-refractivity contribution in [3.8, 4) is 0 Å². The number of rotatable bonds is 5. The Morgan fingerprint density at radius 2 is 2.00 bits per heavy atom. The molecule has 0 spiro atoms. The molecule has 0 radical (unpaired) electrons. The van der Waals surface area contributed by atoms with Crippen LogP contribution in [0.1, 0.15) is 34.5 Å². The van der Waals surface area contributed by atoms with E-state index in [1.165, 1.54) is 12.1 Å². The van der Waals surface area contributed by atoms with Gasteiger partial charge >= 0.3 is 12.1 Å². The van der Waals surface area contributed by atoms with Gasteiger partial charge in [0.25, 0.3) is 0 Å². The predicted octanol–water partition coefficient (Wildman–Crippen LogP) is 4.35. The maximum absolute atomic E-state index is 13.5. The van der Waals surface area contributed by atoms with Crippen LogP contribution in [0.2, 0.25) is 0 Å². The lowest BCUT2D eigenvalue weighted by atomic mass is 10.0. The number of aromatic amines is 1. The third-order valence-corrected chi connectivity index (χ3v) is 5.34. The highest BCUT2D eigenvalue weighted by atomic mass is 19.1. The van der Waals surface area contributed by atoms with Gasteiger partial charge in [0.1, 0.15) is 18.1 Å². The van der Waals surface area contributed by atoms with Crippen molar-refractivity contribution in [1.29, 1.82) is 0 Å². The zero-order valence-corrected chi connectivity index (χ0v) is 15.7. The normalized spacial score (nSPS) is 16.3. The van der Waals surface area contributed by atoms with Crippen molar-refractivity contribution in [2.24, 2.45) is 0 Å². The molecule has 0 bridgehead atoms. The first-order valence-corrected chi connectivity index (χ1v) is 9.53. The number of ether oxygens (including phenoxy) is 1. The van der Waals surface area contributed by atoms with E-state index in [4.69, 9.17) is 4.74 Å². The lowest BCUT2D eigenvalue weighted by Gasteiger charge is -2.24. The fourth-order valence-corrected chi connectivity index (χ4v) is 3.95. The number of nitrogens with zero attached hydrogens (tertiary/aromatic N) is 1. The van der Waals surface area contributed by atoms with Gasteiger partial charge in [-0.3, -0.25) is 0 Å². The molecule has 1 aliphatic rings. The number of likely N-dealkylation sites (tertiary alicyclic amines) is 1. The van der Waals surface area contributed by atoms with E-state index in [9.17, 15) is 19.1 Å². The van der Waals surface area contributed by atoms with E-state index >= 15 is 0 Å². The van der Waals surface area contributed by atoms with E-state index in [1.54, 1.807) is 11.0 Å². The number of hydrogen-bond donors (Lipinski definition) is 2. The van der Waals surface area contributed by atoms with Gasteiger partial charge in [-0.15, -0.1) is 0 Å². The molecule has 7 heteroatoms. The van der Waals surface area contributed by atoms with Crippen molar-refractivity contribution in [1.82, 2.24) is 9.88 Å². The maximum Gasteiger partial charge on any atom is 0.410 e. The molecule has 2 aromatic carbocycles. The highest BCUT2D eigenvalue weighted by molar-refractivity contribution is 5.97. The van der Waals surface area contributed by atoms with Crippen molar-refractivity contribution in [2.75, 3.05) is 6.54 Å². The predicted molar refractivity (Wildman–Crippen MR) is 105 cm³/mol. The number of carboxylic acids is 1. The van der Waals surface area contributed by atoms with E-state index in [2.05, 4.69) is 4.98 Å². The van der Waals surface area contributed by atoms with Crippen LogP contribution in [0.5, 0.6) is 0 Å².